The van der Waals surface area contributed by atoms with E-state index in [2.05, 4.69) is 55.4 Å². The Bertz CT molecular complexity index is 487. The number of hydrogen-bond donors (Lipinski definition) is 0. The Morgan fingerprint density at radius 3 is 0.578 bits per heavy atom. The number of rotatable bonds is 0. The molecule has 0 aliphatic rings. The first kappa shape index (κ1) is 112. The van der Waals surface area contributed by atoms with Crippen molar-refractivity contribution < 1.29 is 48.3 Å². The molecule has 3 nitrogen and oxygen atoms in total. The van der Waals surface area contributed by atoms with E-state index in [-0.39, 0.29) is 93.1 Å². The van der Waals surface area contributed by atoms with E-state index in [1.54, 1.807) is 0 Å². The molecule has 0 rings (SSSR count). The molecular formula is C33H90F8O3S. The zero-order valence-electron chi connectivity index (χ0n) is 25.3. The molecule has 12 heteroatoms. The van der Waals surface area contributed by atoms with Gasteiger partial charge in [-0.25, -0.2) is 8.42 Å². The largest absolute Gasteiger partial charge is 0.402 e. The first-order chi connectivity index (χ1) is 15.5. The molecule has 0 fully saturated rings. The number of halogens is 8. The summed E-state index contributed by atoms with van der Waals surface area (Å²) in [6, 6.07) is 0. The van der Waals surface area contributed by atoms with Crippen molar-refractivity contribution in [2.24, 2.45) is 10.8 Å². The van der Waals surface area contributed by atoms with Gasteiger partial charge < -0.3 is 4.79 Å². The van der Waals surface area contributed by atoms with E-state index in [1.807, 2.05) is 0 Å². The molecule has 302 valence electrons. The van der Waals surface area contributed by atoms with Crippen molar-refractivity contribution in [2.75, 3.05) is 26.4 Å². The van der Waals surface area contributed by atoms with Crippen LogP contribution >= 0.6 is 0 Å². The lowest BCUT2D eigenvalue weighted by molar-refractivity contribution is -0.327. The van der Waals surface area contributed by atoms with E-state index >= 15 is 0 Å². The van der Waals surface area contributed by atoms with E-state index in [9.17, 15) is 48.3 Å². The summed E-state index contributed by atoms with van der Waals surface area (Å²) in [7, 11) is -2.17. The third kappa shape index (κ3) is 249. The predicted molar refractivity (Wildman–Crippen MR) is 199 cm³/mol. The van der Waals surface area contributed by atoms with Crippen molar-refractivity contribution in [2.45, 2.75) is 182 Å². The van der Waals surface area contributed by atoms with Gasteiger partial charge in [-0.1, -0.05) is 135 Å². The fraction of sp³-hybridized carbons (Fsp3) is 0.970. The lowest BCUT2D eigenvalue weighted by Gasteiger charge is -2.29. The van der Waals surface area contributed by atoms with Crippen LogP contribution in [0.25, 0.3) is 0 Å². The molecule has 45 heavy (non-hydrogen) atoms. The predicted octanol–water partition coefficient (Wildman–Crippen LogP) is 15.6. The minimum absolute atomic E-state index is 0. The van der Waals surface area contributed by atoms with Crippen LogP contribution < -0.4 is 0 Å². The molecule has 0 amide bonds. The van der Waals surface area contributed by atoms with E-state index in [4.69, 9.17) is 0 Å². The highest BCUT2D eigenvalue weighted by atomic mass is 32.2. The average Bonchev–Trinajstić information content (AvgIpc) is 2.53. The number of alkyl halides is 8. The summed E-state index contributed by atoms with van der Waals surface area (Å²) in [4.78, 5) is 9.44. The van der Waals surface area contributed by atoms with Gasteiger partial charge in [0.1, 0.15) is 15.6 Å². The second kappa shape index (κ2) is 62.0. The maximum atomic E-state index is 11.6. The summed E-state index contributed by atoms with van der Waals surface area (Å²) < 4.78 is 109. The summed E-state index contributed by atoms with van der Waals surface area (Å²) >= 11 is 0. The SMILES string of the molecule is C.C.C.C.C.C.C.C.C.CC(C)(C(F)(F)F)C(F)(F)F.CC(C)(C)C.CC(C)=O.CCC.CCC.CCF.CF.CS(C)(=O)=O. The van der Waals surface area contributed by atoms with Crippen molar-refractivity contribution in [3.8, 4) is 0 Å². The van der Waals surface area contributed by atoms with Gasteiger partial charge >= 0.3 is 12.4 Å². The van der Waals surface area contributed by atoms with Crippen molar-refractivity contribution in [1.82, 2.24) is 0 Å². The lowest BCUT2D eigenvalue weighted by atomic mass is 9.92. The molecule has 0 N–H and O–H groups in total. The van der Waals surface area contributed by atoms with Crippen LogP contribution in [0.1, 0.15) is 170 Å². The third-order valence-corrected chi connectivity index (χ3v) is 1.42. The molecule has 0 unspecified atom stereocenters. The highest BCUT2D eigenvalue weighted by Gasteiger charge is 2.64. The quantitative estimate of drug-likeness (QED) is 0.234. The smallest absolute Gasteiger partial charge is 0.300 e. The van der Waals surface area contributed by atoms with Gasteiger partial charge in [-0.3, -0.25) is 8.78 Å². The zero-order chi connectivity index (χ0) is 32.2. The van der Waals surface area contributed by atoms with Gasteiger partial charge in [-0.15, -0.1) is 0 Å². The molecular weight excluding hydrogens is 628 g/mol. The summed E-state index contributed by atoms with van der Waals surface area (Å²) in [5.41, 5.74) is -3.12. The number of ketones is 1. The Hall–Kier alpha value is -0.940. The summed E-state index contributed by atoms with van der Waals surface area (Å²) in [5, 5.41) is 0. The Balaban J connectivity index is -0.0000000137. The number of sulfone groups is 1. The molecule has 0 saturated carbocycles. The molecule has 0 aromatic heterocycles. The van der Waals surface area contributed by atoms with Crippen molar-refractivity contribution in [3.05, 3.63) is 0 Å². The van der Waals surface area contributed by atoms with Gasteiger partial charge in [-0.05, 0) is 40.0 Å². The van der Waals surface area contributed by atoms with Crippen LogP contribution in [0, 0.1) is 10.8 Å². The van der Waals surface area contributed by atoms with Crippen LogP contribution in [0.5, 0.6) is 0 Å². The van der Waals surface area contributed by atoms with Gasteiger partial charge in [0.25, 0.3) is 0 Å². The van der Waals surface area contributed by atoms with Crippen LogP contribution in [0.3, 0.4) is 0 Å². The van der Waals surface area contributed by atoms with Gasteiger partial charge in [0.15, 0.2) is 5.41 Å². The van der Waals surface area contributed by atoms with Crippen molar-refractivity contribution in [3.63, 3.8) is 0 Å². The van der Waals surface area contributed by atoms with Gasteiger partial charge in [0.2, 0.25) is 0 Å². The van der Waals surface area contributed by atoms with Crippen LogP contribution in [0.4, 0.5) is 35.1 Å². The molecule has 0 spiro atoms. The Labute approximate surface area is 283 Å². The molecule has 0 bridgehead atoms. The minimum atomic E-state index is -5.24. The molecule has 0 saturated heterocycles. The maximum Gasteiger partial charge on any atom is 0.402 e. The van der Waals surface area contributed by atoms with Gasteiger partial charge in [-0.2, -0.15) is 26.3 Å². The lowest BCUT2D eigenvalue weighted by Crippen LogP contribution is -2.44. The van der Waals surface area contributed by atoms with Crippen LogP contribution in [-0.2, 0) is 14.6 Å². The average molecular weight is 719 g/mol. The fourth-order valence-corrected chi connectivity index (χ4v) is 0.161. The Morgan fingerprint density at radius 1 is 0.533 bits per heavy atom. The molecule has 0 aromatic carbocycles. The number of carbonyl (C=O) groups excluding carboxylic acids is 1. The topological polar surface area (TPSA) is 51.2 Å². The number of Topliss-reactive ketones (excluding diaryl/α,β-unsaturated/α-hetero) is 1. The van der Waals surface area contributed by atoms with E-state index in [1.165, 1.54) is 33.6 Å². The second-order valence-corrected chi connectivity index (χ2v) is 11.6. The van der Waals surface area contributed by atoms with Crippen LogP contribution in [0.2, 0.25) is 0 Å². The third-order valence-electron chi connectivity index (χ3n) is 1.42. The molecule has 0 aromatic rings. The number of hydrogen-bond acceptors (Lipinski definition) is 3. The minimum Gasteiger partial charge on any atom is -0.300 e. The van der Waals surface area contributed by atoms with Crippen molar-refractivity contribution >= 4 is 15.6 Å². The van der Waals surface area contributed by atoms with E-state index < -0.39 is 27.6 Å². The Morgan fingerprint density at radius 2 is 0.578 bits per heavy atom. The van der Waals surface area contributed by atoms with Crippen molar-refractivity contribution in [1.29, 1.82) is 0 Å². The van der Waals surface area contributed by atoms with E-state index in [0.29, 0.717) is 12.6 Å². The molecule has 0 atom stereocenters. The highest BCUT2D eigenvalue weighted by Crippen LogP contribution is 2.49. The second-order valence-electron chi connectivity index (χ2n) is 9.35. The summed E-state index contributed by atoms with van der Waals surface area (Å²) in [5.74, 6) is 0.167. The van der Waals surface area contributed by atoms with Crippen LogP contribution in [-0.4, -0.2) is 52.9 Å². The maximum absolute atomic E-state index is 11.6. The van der Waals surface area contributed by atoms with Crippen LogP contribution in [0.15, 0.2) is 0 Å². The Kier molecular flexibility index (Phi) is 154. The summed E-state index contributed by atoms with van der Waals surface area (Å²) in [6.07, 6.45) is -5.67. The monoisotopic (exact) mass is 719 g/mol. The molecule has 0 aliphatic heterocycles. The zero-order valence-corrected chi connectivity index (χ0v) is 26.1. The van der Waals surface area contributed by atoms with Gasteiger partial charge in [0, 0.05) is 12.5 Å². The first-order valence-corrected chi connectivity index (χ1v) is 13.5. The van der Waals surface area contributed by atoms with Gasteiger partial charge in [0.05, 0.1) is 13.9 Å². The summed E-state index contributed by atoms with van der Waals surface area (Å²) in [6.45, 7) is 21.7. The standard InChI is InChI=1S/C5H6F6.C5H12.C3H6O.2C3H8.C2H5F.C2H6O2S.CH3F.9CH4/c1-3(2,4(6,7)8)5(9,10)11;1-5(2,3)4;1-3(2)4;2*1-3-2;1-2-3;1-5(2,3)4;1-2;;;;;;;;;/h1-2H3;1-4H3;1-2H3;2*3H2,1-2H3;2H2,1H3;1-2H3;1H3;9*1H4. The van der Waals surface area contributed by atoms with E-state index in [0.717, 1.165) is 12.5 Å². The molecule has 0 aliphatic carbocycles. The fourth-order valence-electron chi connectivity index (χ4n) is 0.161. The number of carbonyl (C=O) groups is 1. The molecule has 0 heterocycles. The first-order valence-electron chi connectivity index (χ1n) is 11.2. The normalized spacial score (nSPS) is 8.27. The molecule has 0 radical (unpaired) electrons. The highest BCUT2D eigenvalue weighted by molar-refractivity contribution is 7.89.